The summed E-state index contributed by atoms with van der Waals surface area (Å²) in [6.45, 7) is 4.10. The molecule has 0 radical (unpaired) electrons. The van der Waals surface area contributed by atoms with Gasteiger partial charge in [0, 0.05) is 44.5 Å². The molecule has 0 unspecified atom stereocenters. The van der Waals surface area contributed by atoms with Gasteiger partial charge >= 0.3 is 0 Å². The number of nitrogens with zero attached hydrogens (tertiary/aromatic N) is 1. The van der Waals surface area contributed by atoms with Crippen LogP contribution in [0.15, 0.2) is 29.3 Å². The molecule has 0 atom stereocenters. The number of anilines is 1. The van der Waals surface area contributed by atoms with Gasteiger partial charge in [0.05, 0.1) is 6.61 Å². The van der Waals surface area contributed by atoms with Crippen LogP contribution in [0.4, 0.5) is 5.69 Å². The summed E-state index contributed by atoms with van der Waals surface area (Å²) < 4.78 is 10.8. The highest BCUT2D eigenvalue weighted by molar-refractivity contribution is 5.95. The Morgan fingerprint density at radius 2 is 2.04 bits per heavy atom. The zero-order valence-electron chi connectivity index (χ0n) is 17.1. The van der Waals surface area contributed by atoms with E-state index in [-0.39, 0.29) is 12.5 Å². The van der Waals surface area contributed by atoms with Crippen LogP contribution in [0.2, 0.25) is 0 Å². The zero-order chi connectivity index (χ0) is 20.0. The fourth-order valence-electron chi connectivity index (χ4n) is 3.17. The third-order valence-corrected chi connectivity index (χ3v) is 4.55. The van der Waals surface area contributed by atoms with Gasteiger partial charge in [0.1, 0.15) is 12.3 Å². The van der Waals surface area contributed by atoms with Crippen LogP contribution in [0.3, 0.4) is 0 Å². The Balaban J connectivity index is 1.86. The molecular weight excluding hydrogens is 356 g/mol. The van der Waals surface area contributed by atoms with Gasteiger partial charge in [-0.05, 0) is 31.9 Å². The molecule has 7 heteroatoms. The molecule has 0 aromatic heterocycles. The summed E-state index contributed by atoms with van der Waals surface area (Å²) >= 11 is 0. The van der Waals surface area contributed by atoms with E-state index in [1.165, 1.54) is 19.3 Å². The van der Waals surface area contributed by atoms with Crippen LogP contribution >= 0.6 is 0 Å². The molecule has 3 N–H and O–H groups in total. The normalized spacial score (nSPS) is 15.1. The second-order valence-electron chi connectivity index (χ2n) is 6.95. The largest absolute Gasteiger partial charge is 0.493 e. The van der Waals surface area contributed by atoms with E-state index in [1.54, 1.807) is 7.11 Å². The van der Waals surface area contributed by atoms with Gasteiger partial charge in [-0.3, -0.25) is 4.79 Å². The van der Waals surface area contributed by atoms with Crippen molar-refractivity contribution >= 4 is 17.6 Å². The molecular formula is C21H34N4O3. The average molecular weight is 391 g/mol. The molecule has 1 fully saturated rings. The molecule has 0 aliphatic heterocycles. The highest BCUT2D eigenvalue weighted by atomic mass is 16.5. The molecule has 1 aliphatic carbocycles. The van der Waals surface area contributed by atoms with Gasteiger partial charge in [0.2, 0.25) is 5.91 Å². The SMILES string of the molecule is CCNC(=NCC(=O)NC1CCCCC1)Nc1cccc(OCCCOC)c1. The Morgan fingerprint density at radius 3 is 2.79 bits per heavy atom. The van der Waals surface area contributed by atoms with E-state index in [0.29, 0.717) is 31.8 Å². The number of aliphatic imine (C=N–C) groups is 1. The van der Waals surface area contributed by atoms with Crippen molar-refractivity contribution in [3.8, 4) is 5.75 Å². The summed E-state index contributed by atoms with van der Waals surface area (Å²) in [5, 5.41) is 9.50. The lowest BCUT2D eigenvalue weighted by Gasteiger charge is -2.22. The maximum atomic E-state index is 12.2. The zero-order valence-corrected chi connectivity index (χ0v) is 17.1. The fourth-order valence-corrected chi connectivity index (χ4v) is 3.17. The number of amides is 1. The van der Waals surface area contributed by atoms with Crippen molar-refractivity contribution in [2.75, 3.05) is 38.7 Å². The quantitative estimate of drug-likeness (QED) is 0.325. The van der Waals surface area contributed by atoms with E-state index < -0.39 is 0 Å². The standard InChI is InChI=1S/C21H34N4O3/c1-3-22-21(23-16-20(26)24-17-9-5-4-6-10-17)25-18-11-7-12-19(15-18)28-14-8-13-27-2/h7,11-12,15,17H,3-6,8-10,13-14,16H2,1-2H3,(H,24,26)(H2,22,23,25). The van der Waals surface area contributed by atoms with E-state index in [2.05, 4.69) is 20.9 Å². The van der Waals surface area contributed by atoms with Gasteiger partial charge < -0.3 is 25.4 Å². The molecule has 1 aromatic carbocycles. The molecule has 28 heavy (non-hydrogen) atoms. The lowest BCUT2D eigenvalue weighted by atomic mass is 9.95. The van der Waals surface area contributed by atoms with Crippen molar-refractivity contribution < 1.29 is 14.3 Å². The molecule has 0 bridgehead atoms. The summed E-state index contributed by atoms with van der Waals surface area (Å²) in [6, 6.07) is 8.00. The minimum atomic E-state index is -0.0284. The number of carbonyl (C=O) groups excluding carboxylic acids is 1. The van der Waals surface area contributed by atoms with Crippen molar-refractivity contribution in [3.05, 3.63) is 24.3 Å². The highest BCUT2D eigenvalue weighted by Crippen LogP contribution is 2.18. The molecule has 0 spiro atoms. The van der Waals surface area contributed by atoms with Crippen molar-refractivity contribution in [2.24, 2.45) is 4.99 Å². The maximum Gasteiger partial charge on any atom is 0.242 e. The number of hydrogen-bond donors (Lipinski definition) is 3. The Bertz CT molecular complexity index is 615. The lowest BCUT2D eigenvalue weighted by molar-refractivity contribution is -0.120. The van der Waals surface area contributed by atoms with Crippen molar-refractivity contribution in [3.63, 3.8) is 0 Å². The number of methoxy groups -OCH3 is 1. The second kappa shape index (κ2) is 13.0. The number of carbonyl (C=O) groups is 1. The van der Waals surface area contributed by atoms with Crippen LogP contribution in [-0.4, -0.2) is 51.3 Å². The first-order valence-electron chi connectivity index (χ1n) is 10.3. The van der Waals surface area contributed by atoms with Gasteiger partial charge in [0.15, 0.2) is 5.96 Å². The Labute approximate surface area is 168 Å². The molecule has 1 amide bonds. The third kappa shape index (κ3) is 8.61. The fraction of sp³-hybridized carbons (Fsp3) is 0.619. The van der Waals surface area contributed by atoms with E-state index in [1.807, 2.05) is 31.2 Å². The summed E-state index contributed by atoms with van der Waals surface area (Å²) in [4.78, 5) is 16.6. The Kier molecular flexibility index (Phi) is 10.2. The number of ether oxygens (including phenoxy) is 2. The van der Waals surface area contributed by atoms with Gasteiger partial charge in [-0.1, -0.05) is 25.3 Å². The summed E-state index contributed by atoms with van der Waals surface area (Å²) in [7, 11) is 1.68. The predicted molar refractivity (Wildman–Crippen MR) is 113 cm³/mol. The number of nitrogens with one attached hydrogen (secondary N) is 3. The monoisotopic (exact) mass is 390 g/mol. The third-order valence-electron chi connectivity index (χ3n) is 4.55. The molecule has 0 saturated heterocycles. The predicted octanol–water partition coefficient (Wildman–Crippen LogP) is 2.93. The lowest BCUT2D eigenvalue weighted by Crippen LogP contribution is -2.38. The summed E-state index contributed by atoms with van der Waals surface area (Å²) in [5.41, 5.74) is 0.858. The first-order chi connectivity index (χ1) is 13.7. The van der Waals surface area contributed by atoms with E-state index >= 15 is 0 Å². The van der Waals surface area contributed by atoms with Crippen LogP contribution in [0.25, 0.3) is 0 Å². The van der Waals surface area contributed by atoms with Gasteiger partial charge in [-0.2, -0.15) is 0 Å². The number of rotatable bonds is 10. The van der Waals surface area contributed by atoms with E-state index in [0.717, 1.165) is 30.7 Å². The smallest absolute Gasteiger partial charge is 0.242 e. The van der Waals surface area contributed by atoms with Crippen LogP contribution in [0, 0.1) is 0 Å². The first kappa shape index (κ1) is 22.0. The molecule has 1 aliphatic rings. The van der Waals surface area contributed by atoms with Gasteiger partial charge in [0.25, 0.3) is 0 Å². The molecule has 156 valence electrons. The molecule has 0 heterocycles. The number of guanidine groups is 1. The highest BCUT2D eigenvalue weighted by Gasteiger charge is 2.15. The first-order valence-corrected chi connectivity index (χ1v) is 10.3. The Hall–Kier alpha value is -2.28. The summed E-state index contributed by atoms with van der Waals surface area (Å²) in [6.07, 6.45) is 6.66. The minimum Gasteiger partial charge on any atom is -0.493 e. The van der Waals surface area contributed by atoms with Crippen LogP contribution in [-0.2, 0) is 9.53 Å². The second-order valence-corrected chi connectivity index (χ2v) is 6.95. The summed E-state index contributed by atoms with van der Waals surface area (Å²) in [5.74, 6) is 1.34. The Morgan fingerprint density at radius 1 is 1.21 bits per heavy atom. The van der Waals surface area contributed by atoms with Crippen molar-refractivity contribution in [1.82, 2.24) is 10.6 Å². The number of hydrogen-bond acceptors (Lipinski definition) is 4. The van der Waals surface area contributed by atoms with Crippen molar-refractivity contribution in [1.29, 1.82) is 0 Å². The molecule has 1 saturated carbocycles. The molecule has 7 nitrogen and oxygen atoms in total. The molecule has 1 aromatic rings. The van der Waals surface area contributed by atoms with Crippen molar-refractivity contribution in [2.45, 2.75) is 51.5 Å². The maximum absolute atomic E-state index is 12.2. The van der Waals surface area contributed by atoms with Crippen LogP contribution in [0.5, 0.6) is 5.75 Å². The van der Waals surface area contributed by atoms with E-state index in [9.17, 15) is 4.79 Å². The van der Waals surface area contributed by atoms with Gasteiger partial charge in [-0.25, -0.2) is 4.99 Å². The van der Waals surface area contributed by atoms with Crippen LogP contribution in [0.1, 0.15) is 45.4 Å². The van der Waals surface area contributed by atoms with Gasteiger partial charge in [-0.15, -0.1) is 0 Å². The number of benzene rings is 1. The van der Waals surface area contributed by atoms with E-state index in [4.69, 9.17) is 9.47 Å². The minimum absolute atomic E-state index is 0.0284. The topological polar surface area (TPSA) is 84.0 Å². The van der Waals surface area contributed by atoms with Crippen LogP contribution < -0.4 is 20.7 Å². The molecule has 2 rings (SSSR count). The average Bonchev–Trinajstić information content (AvgIpc) is 2.71.